The summed E-state index contributed by atoms with van der Waals surface area (Å²) >= 11 is 0. The second kappa shape index (κ2) is 6.51. The summed E-state index contributed by atoms with van der Waals surface area (Å²) < 4.78 is 4.75. The van der Waals surface area contributed by atoms with E-state index in [0.717, 1.165) is 37.7 Å². The average molecular weight is 301 g/mol. The van der Waals surface area contributed by atoms with Crippen LogP contribution in [-0.4, -0.2) is 25.0 Å². The number of methoxy groups -OCH3 is 1. The van der Waals surface area contributed by atoms with Crippen LogP contribution in [0, 0.1) is 5.92 Å². The predicted octanol–water partition coefficient (Wildman–Crippen LogP) is 2.56. The Hall–Kier alpha value is -1.84. The molecule has 2 aliphatic rings. The van der Waals surface area contributed by atoms with Crippen molar-refractivity contribution in [1.82, 2.24) is 5.32 Å². The highest BCUT2D eigenvalue weighted by Crippen LogP contribution is 2.36. The second-order valence-corrected chi connectivity index (χ2v) is 6.38. The summed E-state index contributed by atoms with van der Waals surface area (Å²) in [6.45, 7) is 0. The van der Waals surface area contributed by atoms with Crippen LogP contribution in [0.5, 0.6) is 0 Å². The fourth-order valence-electron chi connectivity index (χ4n) is 3.41. The predicted molar refractivity (Wildman–Crippen MR) is 83.4 cm³/mol. The normalized spacial score (nSPS) is 21.6. The summed E-state index contributed by atoms with van der Waals surface area (Å²) in [5.74, 6) is 0.167. The third kappa shape index (κ3) is 3.32. The lowest BCUT2D eigenvalue weighted by atomic mass is 9.82. The fourth-order valence-corrected chi connectivity index (χ4v) is 3.41. The molecule has 1 aromatic rings. The molecular weight excluding hydrogens is 278 g/mol. The highest BCUT2D eigenvalue weighted by Gasteiger charge is 2.36. The van der Waals surface area contributed by atoms with Crippen LogP contribution in [0.1, 0.15) is 49.1 Å². The molecule has 0 radical (unpaired) electrons. The van der Waals surface area contributed by atoms with Gasteiger partial charge in [0, 0.05) is 6.04 Å². The Balaban J connectivity index is 1.70. The highest BCUT2D eigenvalue weighted by molar-refractivity contribution is 5.85. The number of hydrogen-bond donors (Lipinski definition) is 1. The van der Waals surface area contributed by atoms with Gasteiger partial charge in [-0.2, -0.15) is 0 Å². The van der Waals surface area contributed by atoms with Crippen molar-refractivity contribution in [3.63, 3.8) is 0 Å². The molecule has 1 saturated carbocycles. The number of benzene rings is 1. The first-order valence-corrected chi connectivity index (χ1v) is 8.14. The molecule has 0 aromatic heterocycles. The Morgan fingerprint density at radius 1 is 1.27 bits per heavy atom. The highest BCUT2D eigenvalue weighted by atomic mass is 16.5. The number of nitrogens with one attached hydrogen (secondary N) is 1. The molecule has 1 amide bonds. The average Bonchev–Trinajstić information content (AvgIpc) is 3.38. The number of esters is 1. The molecule has 3 rings (SSSR count). The van der Waals surface area contributed by atoms with Crippen LogP contribution >= 0.6 is 0 Å². The number of hydrogen-bond acceptors (Lipinski definition) is 3. The third-order valence-electron chi connectivity index (χ3n) is 4.82. The lowest BCUT2D eigenvalue weighted by Gasteiger charge is -2.27. The van der Waals surface area contributed by atoms with Gasteiger partial charge in [-0.15, -0.1) is 0 Å². The van der Waals surface area contributed by atoms with Crippen molar-refractivity contribution >= 4 is 11.9 Å². The largest absolute Gasteiger partial charge is 0.469 e. The van der Waals surface area contributed by atoms with E-state index in [1.165, 1.54) is 12.7 Å². The summed E-state index contributed by atoms with van der Waals surface area (Å²) in [5, 5.41) is 3.12. The minimum absolute atomic E-state index is 0.0629. The molecule has 0 heterocycles. The first-order valence-electron chi connectivity index (χ1n) is 8.14. The zero-order chi connectivity index (χ0) is 15.5. The molecule has 1 N–H and O–H groups in total. The van der Waals surface area contributed by atoms with Gasteiger partial charge in [0.25, 0.3) is 0 Å². The minimum atomic E-state index is -0.249. The van der Waals surface area contributed by atoms with E-state index in [-0.39, 0.29) is 30.3 Å². The van der Waals surface area contributed by atoms with E-state index in [9.17, 15) is 9.59 Å². The lowest BCUT2D eigenvalue weighted by molar-refractivity contribution is -0.141. The third-order valence-corrected chi connectivity index (χ3v) is 4.82. The molecule has 2 atom stereocenters. The van der Waals surface area contributed by atoms with E-state index in [2.05, 4.69) is 17.4 Å². The Bertz CT molecular complexity index is 565. The van der Waals surface area contributed by atoms with Crippen LogP contribution in [0.15, 0.2) is 24.3 Å². The van der Waals surface area contributed by atoms with Crippen LogP contribution in [0.2, 0.25) is 0 Å². The summed E-state index contributed by atoms with van der Waals surface area (Å²) in [7, 11) is 1.39. The molecule has 118 valence electrons. The van der Waals surface area contributed by atoms with Crippen molar-refractivity contribution in [1.29, 1.82) is 0 Å². The first-order chi connectivity index (χ1) is 10.7. The molecule has 22 heavy (non-hydrogen) atoms. The zero-order valence-electron chi connectivity index (χ0n) is 13.0. The standard InChI is InChI=1S/C18H23NO3/c1-22-17(20)11-16(13-9-10-13)19-18(21)15-8-4-6-12-5-2-3-7-14(12)15/h2-3,5,7,13,15-16H,4,6,8-11H2,1H3,(H,19,21). The molecule has 0 bridgehead atoms. The summed E-state index contributed by atoms with van der Waals surface area (Å²) in [6, 6.07) is 8.13. The van der Waals surface area contributed by atoms with E-state index in [4.69, 9.17) is 4.74 Å². The van der Waals surface area contributed by atoms with E-state index < -0.39 is 0 Å². The summed E-state index contributed by atoms with van der Waals surface area (Å²) in [5.41, 5.74) is 2.43. The number of aryl methyl sites for hydroxylation is 1. The van der Waals surface area contributed by atoms with E-state index in [1.54, 1.807) is 0 Å². The van der Waals surface area contributed by atoms with Gasteiger partial charge in [0.05, 0.1) is 19.4 Å². The van der Waals surface area contributed by atoms with Gasteiger partial charge >= 0.3 is 5.97 Å². The van der Waals surface area contributed by atoms with Crippen molar-refractivity contribution in [2.24, 2.45) is 5.92 Å². The smallest absolute Gasteiger partial charge is 0.307 e. The van der Waals surface area contributed by atoms with Crippen LogP contribution in [0.3, 0.4) is 0 Å². The van der Waals surface area contributed by atoms with Crippen molar-refractivity contribution in [3.05, 3.63) is 35.4 Å². The van der Waals surface area contributed by atoms with Gasteiger partial charge in [-0.3, -0.25) is 9.59 Å². The number of amides is 1. The van der Waals surface area contributed by atoms with E-state index in [0.29, 0.717) is 5.92 Å². The molecule has 0 saturated heterocycles. The van der Waals surface area contributed by atoms with Gasteiger partial charge in [-0.05, 0) is 49.1 Å². The van der Waals surface area contributed by atoms with Crippen molar-refractivity contribution in [2.75, 3.05) is 7.11 Å². The molecule has 1 aromatic carbocycles. The molecule has 2 unspecified atom stereocenters. The molecule has 4 nitrogen and oxygen atoms in total. The van der Waals surface area contributed by atoms with E-state index >= 15 is 0 Å². The maximum Gasteiger partial charge on any atom is 0.307 e. The van der Waals surface area contributed by atoms with Crippen LogP contribution in [0.4, 0.5) is 0 Å². The SMILES string of the molecule is COC(=O)CC(NC(=O)C1CCCc2ccccc21)C1CC1. The molecule has 1 fully saturated rings. The quantitative estimate of drug-likeness (QED) is 0.850. The van der Waals surface area contributed by atoms with Crippen LogP contribution in [0.25, 0.3) is 0 Å². The van der Waals surface area contributed by atoms with Gasteiger partial charge in [0.1, 0.15) is 0 Å². The Morgan fingerprint density at radius 2 is 2.05 bits per heavy atom. The first kappa shape index (κ1) is 15.1. The minimum Gasteiger partial charge on any atom is -0.469 e. The number of ether oxygens (including phenoxy) is 1. The van der Waals surface area contributed by atoms with Gasteiger partial charge in [-0.25, -0.2) is 0 Å². The van der Waals surface area contributed by atoms with Crippen molar-refractivity contribution in [2.45, 2.75) is 50.5 Å². The van der Waals surface area contributed by atoms with Gasteiger partial charge in [-0.1, -0.05) is 24.3 Å². The molecule has 2 aliphatic carbocycles. The zero-order valence-corrected chi connectivity index (χ0v) is 13.0. The second-order valence-electron chi connectivity index (χ2n) is 6.38. The van der Waals surface area contributed by atoms with Gasteiger partial charge in [0.15, 0.2) is 0 Å². The molecular formula is C18H23NO3. The van der Waals surface area contributed by atoms with Crippen molar-refractivity contribution < 1.29 is 14.3 Å². The maximum atomic E-state index is 12.7. The van der Waals surface area contributed by atoms with E-state index in [1.807, 2.05) is 12.1 Å². The number of rotatable bonds is 5. The molecule has 0 aliphatic heterocycles. The Labute approximate surface area is 131 Å². The monoisotopic (exact) mass is 301 g/mol. The number of carbonyl (C=O) groups is 2. The van der Waals surface area contributed by atoms with Crippen LogP contribution in [-0.2, 0) is 20.7 Å². The van der Waals surface area contributed by atoms with Gasteiger partial charge in [0.2, 0.25) is 5.91 Å². The lowest BCUT2D eigenvalue weighted by Crippen LogP contribution is -2.41. The summed E-state index contributed by atoms with van der Waals surface area (Å²) in [6.07, 6.45) is 5.43. The topological polar surface area (TPSA) is 55.4 Å². The van der Waals surface area contributed by atoms with Crippen molar-refractivity contribution in [3.8, 4) is 0 Å². The fraction of sp³-hybridized carbons (Fsp3) is 0.556. The summed E-state index contributed by atoms with van der Waals surface area (Å²) in [4.78, 5) is 24.2. The van der Waals surface area contributed by atoms with Gasteiger partial charge < -0.3 is 10.1 Å². The Kier molecular flexibility index (Phi) is 4.46. The number of fused-ring (bicyclic) bond motifs is 1. The number of carbonyl (C=O) groups excluding carboxylic acids is 2. The Morgan fingerprint density at radius 3 is 2.77 bits per heavy atom. The maximum absolute atomic E-state index is 12.7. The van der Waals surface area contributed by atoms with Crippen LogP contribution < -0.4 is 5.32 Å². The molecule has 4 heteroatoms. The molecule has 0 spiro atoms.